The molecule has 1 aromatic heterocycles. The maximum absolute atomic E-state index is 12.1. The first-order valence-corrected chi connectivity index (χ1v) is 7.41. The van der Waals surface area contributed by atoms with Crippen molar-refractivity contribution in [3.63, 3.8) is 0 Å². The number of carboxylic acids is 1. The summed E-state index contributed by atoms with van der Waals surface area (Å²) in [6.45, 7) is 8.76. The highest BCUT2D eigenvalue weighted by Gasteiger charge is 2.26. The molecule has 2 N–H and O–H groups in total. The summed E-state index contributed by atoms with van der Waals surface area (Å²) in [6.07, 6.45) is 1.35. The van der Waals surface area contributed by atoms with Gasteiger partial charge in [0.1, 0.15) is 10.6 Å². The number of hydrogen-bond acceptors (Lipinski definition) is 3. The molecule has 0 aromatic carbocycles. The van der Waals surface area contributed by atoms with Crippen molar-refractivity contribution in [1.29, 1.82) is 0 Å². The summed E-state index contributed by atoms with van der Waals surface area (Å²) in [7, 11) is -3.72. The third-order valence-electron chi connectivity index (χ3n) is 2.35. The summed E-state index contributed by atoms with van der Waals surface area (Å²) >= 11 is 0. The number of aromatic nitrogens is 1. The van der Waals surface area contributed by atoms with Crippen molar-refractivity contribution in [2.45, 2.75) is 51.1 Å². The van der Waals surface area contributed by atoms with E-state index in [0.717, 1.165) is 0 Å². The van der Waals surface area contributed by atoms with Gasteiger partial charge in [-0.25, -0.2) is 17.9 Å². The van der Waals surface area contributed by atoms with Gasteiger partial charge in [-0.2, -0.15) is 0 Å². The Morgan fingerprint density at radius 1 is 1.37 bits per heavy atom. The normalized spacial score (nSPS) is 12.9. The first kappa shape index (κ1) is 15.7. The molecule has 0 radical (unpaired) electrons. The molecule has 0 bridgehead atoms. The molecule has 0 amide bonds. The van der Waals surface area contributed by atoms with Crippen LogP contribution in [-0.2, 0) is 10.0 Å². The van der Waals surface area contributed by atoms with Gasteiger partial charge in [-0.05, 0) is 40.7 Å². The molecular weight excluding hydrogens is 268 g/mol. The third kappa shape index (κ3) is 3.81. The quantitative estimate of drug-likeness (QED) is 0.885. The predicted octanol–water partition coefficient (Wildman–Crippen LogP) is 1.84. The van der Waals surface area contributed by atoms with Crippen molar-refractivity contribution in [3.05, 3.63) is 18.0 Å². The van der Waals surface area contributed by atoms with Gasteiger partial charge in [-0.15, -0.1) is 0 Å². The van der Waals surface area contributed by atoms with Crippen LogP contribution < -0.4 is 4.72 Å². The van der Waals surface area contributed by atoms with Crippen LogP contribution in [0.2, 0.25) is 0 Å². The second-order valence-electron chi connectivity index (χ2n) is 5.72. The molecule has 0 fully saturated rings. The fraction of sp³-hybridized carbons (Fsp3) is 0.583. The highest BCUT2D eigenvalue weighted by atomic mass is 32.2. The number of nitrogens with zero attached hydrogens (tertiary/aromatic N) is 1. The van der Waals surface area contributed by atoms with Crippen LogP contribution in [0.5, 0.6) is 0 Å². The Bertz CT molecular complexity index is 579. The summed E-state index contributed by atoms with van der Waals surface area (Å²) in [5, 5.41) is 9.09. The largest absolute Gasteiger partial charge is 0.477 e. The maximum atomic E-state index is 12.1. The van der Waals surface area contributed by atoms with Gasteiger partial charge in [-0.1, -0.05) is 0 Å². The number of carbonyl (C=O) groups is 1. The Morgan fingerprint density at radius 3 is 2.21 bits per heavy atom. The van der Waals surface area contributed by atoms with Gasteiger partial charge in [0.25, 0.3) is 0 Å². The van der Waals surface area contributed by atoms with Crippen molar-refractivity contribution in [2.75, 3.05) is 0 Å². The van der Waals surface area contributed by atoms with Crippen LogP contribution in [0.1, 0.15) is 51.1 Å². The molecule has 1 rings (SSSR count). The SMILES string of the molecule is CC(C)n1cc(S(=O)(=O)NC(C)(C)C)cc1C(=O)O. The van der Waals surface area contributed by atoms with Crippen molar-refractivity contribution in [2.24, 2.45) is 0 Å². The summed E-state index contributed by atoms with van der Waals surface area (Å²) in [5.41, 5.74) is -0.661. The van der Waals surface area contributed by atoms with Gasteiger partial charge in [-0.3, -0.25) is 0 Å². The standard InChI is InChI=1S/C12H20N2O4S/c1-8(2)14-7-9(6-10(14)11(15)16)19(17,18)13-12(3,4)5/h6-8,13H,1-5H3,(H,15,16). The molecule has 108 valence electrons. The van der Waals surface area contributed by atoms with Gasteiger partial charge in [0.2, 0.25) is 10.0 Å². The van der Waals surface area contributed by atoms with Crippen LogP contribution in [-0.4, -0.2) is 29.6 Å². The van der Waals surface area contributed by atoms with E-state index in [1.54, 1.807) is 34.6 Å². The lowest BCUT2D eigenvalue weighted by Gasteiger charge is -2.19. The molecule has 0 aliphatic heterocycles. The minimum absolute atomic E-state index is 0.0338. The smallest absolute Gasteiger partial charge is 0.352 e. The van der Waals surface area contributed by atoms with E-state index in [0.29, 0.717) is 0 Å². The first-order chi connectivity index (χ1) is 8.44. The van der Waals surface area contributed by atoms with Gasteiger partial charge >= 0.3 is 5.97 Å². The molecule has 0 unspecified atom stereocenters. The second kappa shape index (κ2) is 4.97. The molecule has 0 saturated carbocycles. The van der Waals surface area contributed by atoms with Gasteiger partial charge < -0.3 is 9.67 Å². The number of sulfonamides is 1. The average molecular weight is 288 g/mol. The fourth-order valence-electron chi connectivity index (χ4n) is 1.66. The molecule has 0 saturated heterocycles. The Hall–Kier alpha value is -1.34. The zero-order chi connectivity index (χ0) is 15.0. The summed E-state index contributed by atoms with van der Waals surface area (Å²) in [6, 6.07) is 1.04. The Balaban J connectivity index is 3.30. The van der Waals surface area contributed by atoms with E-state index < -0.39 is 21.5 Å². The van der Waals surface area contributed by atoms with E-state index in [4.69, 9.17) is 5.11 Å². The molecule has 0 aliphatic carbocycles. The highest BCUT2D eigenvalue weighted by molar-refractivity contribution is 7.89. The van der Waals surface area contributed by atoms with Crippen molar-refractivity contribution < 1.29 is 18.3 Å². The van der Waals surface area contributed by atoms with Crippen molar-refractivity contribution >= 4 is 16.0 Å². The molecule has 1 heterocycles. The number of aromatic carboxylic acids is 1. The van der Waals surface area contributed by atoms with Crippen molar-refractivity contribution in [3.8, 4) is 0 Å². The van der Waals surface area contributed by atoms with Gasteiger partial charge in [0, 0.05) is 17.8 Å². The molecule has 7 heteroatoms. The molecular formula is C12H20N2O4S. The summed E-state index contributed by atoms with van der Waals surface area (Å²) < 4.78 is 28.2. The van der Waals surface area contributed by atoms with E-state index >= 15 is 0 Å². The van der Waals surface area contributed by atoms with Gasteiger partial charge in [0.15, 0.2) is 0 Å². The van der Waals surface area contributed by atoms with E-state index in [2.05, 4.69) is 4.72 Å². The summed E-state index contributed by atoms with van der Waals surface area (Å²) in [4.78, 5) is 11.1. The van der Waals surface area contributed by atoms with E-state index in [1.165, 1.54) is 16.8 Å². The van der Waals surface area contributed by atoms with E-state index in [-0.39, 0.29) is 16.6 Å². The molecule has 0 atom stereocenters. The number of carboxylic acid groups (broad SMARTS) is 1. The zero-order valence-corrected chi connectivity index (χ0v) is 12.6. The fourth-order valence-corrected chi connectivity index (χ4v) is 3.10. The lowest BCUT2D eigenvalue weighted by atomic mass is 10.1. The minimum atomic E-state index is -3.72. The van der Waals surface area contributed by atoms with Crippen LogP contribution in [0, 0.1) is 0 Å². The van der Waals surface area contributed by atoms with Crippen LogP contribution in [0.3, 0.4) is 0 Å². The molecule has 1 aromatic rings. The molecule has 6 nitrogen and oxygen atoms in total. The molecule has 0 aliphatic rings. The third-order valence-corrected chi connectivity index (χ3v) is 4.07. The second-order valence-corrected chi connectivity index (χ2v) is 7.41. The Labute approximate surface area is 113 Å². The van der Waals surface area contributed by atoms with E-state index in [1.807, 2.05) is 0 Å². The number of nitrogens with one attached hydrogen (secondary N) is 1. The summed E-state index contributed by atoms with van der Waals surface area (Å²) in [5.74, 6) is -1.15. The van der Waals surface area contributed by atoms with Crippen LogP contribution in [0.25, 0.3) is 0 Å². The molecule has 0 spiro atoms. The van der Waals surface area contributed by atoms with Gasteiger partial charge in [0.05, 0.1) is 0 Å². The van der Waals surface area contributed by atoms with Crippen LogP contribution in [0.15, 0.2) is 17.2 Å². The van der Waals surface area contributed by atoms with E-state index in [9.17, 15) is 13.2 Å². The maximum Gasteiger partial charge on any atom is 0.352 e. The number of rotatable bonds is 4. The monoisotopic (exact) mass is 288 g/mol. The highest BCUT2D eigenvalue weighted by Crippen LogP contribution is 2.20. The van der Waals surface area contributed by atoms with Crippen molar-refractivity contribution in [1.82, 2.24) is 9.29 Å². The number of hydrogen-bond donors (Lipinski definition) is 2. The first-order valence-electron chi connectivity index (χ1n) is 5.93. The average Bonchev–Trinajstić information content (AvgIpc) is 2.57. The molecule has 19 heavy (non-hydrogen) atoms. The minimum Gasteiger partial charge on any atom is -0.477 e. The topological polar surface area (TPSA) is 88.4 Å². The zero-order valence-electron chi connectivity index (χ0n) is 11.8. The predicted molar refractivity (Wildman–Crippen MR) is 71.9 cm³/mol. The lowest BCUT2D eigenvalue weighted by molar-refractivity contribution is 0.0683. The Morgan fingerprint density at radius 2 is 1.89 bits per heavy atom. The Kier molecular flexibility index (Phi) is 4.11. The van der Waals surface area contributed by atoms with Crippen LogP contribution >= 0.6 is 0 Å². The van der Waals surface area contributed by atoms with Crippen LogP contribution in [0.4, 0.5) is 0 Å². The lowest BCUT2D eigenvalue weighted by Crippen LogP contribution is -2.40.